The molecule has 1 aromatic carbocycles. The van der Waals surface area contributed by atoms with Gasteiger partial charge in [0.2, 0.25) is 0 Å². The molecule has 1 atom stereocenters. The van der Waals surface area contributed by atoms with E-state index in [0.29, 0.717) is 18.8 Å². The van der Waals surface area contributed by atoms with E-state index < -0.39 is 11.0 Å². The SMILES string of the molecule is CC(C)(C#N)c1ccc(CCC2(C3CCCC3)CC(=O)CC(=O)O2)cc1. The standard InChI is InChI=1S/C22H27NO3/c1-21(2,15-23)17-9-7-16(8-10-17)11-12-22(18-5-3-4-6-18)14-19(24)13-20(25)26-22/h7-10,18H,3-6,11-14H2,1-2H3. The quantitative estimate of drug-likeness (QED) is 0.586. The van der Waals surface area contributed by atoms with Crippen molar-refractivity contribution in [1.29, 1.82) is 5.26 Å². The largest absolute Gasteiger partial charge is 0.458 e. The minimum Gasteiger partial charge on any atom is -0.458 e. The van der Waals surface area contributed by atoms with Crippen molar-refractivity contribution in [3.8, 4) is 6.07 Å². The fourth-order valence-corrected chi connectivity index (χ4v) is 4.39. The number of aryl methyl sites for hydroxylation is 1. The average Bonchev–Trinajstić information content (AvgIpc) is 3.15. The van der Waals surface area contributed by atoms with Gasteiger partial charge < -0.3 is 4.74 Å². The lowest BCUT2D eigenvalue weighted by molar-refractivity contribution is -0.178. The molecule has 138 valence electrons. The molecule has 1 aromatic rings. The number of ketones is 1. The number of carbonyl (C=O) groups excluding carboxylic acids is 2. The van der Waals surface area contributed by atoms with Crippen LogP contribution in [0.3, 0.4) is 0 Å². The van der Waals surface area contributed by atoms with Crippen LogP contribution >= 0.6 is 0 Å². The molecular formula is C22H27NO3. The Labute approximate surface area is 155 Å². The molecule has 1 unspecified atom stereocenters. The zero-order valence-electron chi connectivity index (χ0n) is 15.7. The second kappa shape index (κ2) is 7.23. The van der Waals surface area contributed by atoms with Crippen molar-refractivity contribution >= 4 is 11.8 Å². The van der Waals surface area contributed by atoms with Gasteiger partial charge in [0.05, 0.1) is 11.5 Å². The molecule has 2 fully saturated rings. The van der Waals surface area contributed by atoms with Gasteiger partial charge in [-0.2, -0.15) is 5.26 Å². The molecule has 3 rings (SSSR count). The lowest BCUT2D eigenvalue weighted by Gasteiger charge is -2.41. The number of hydrogen-bond donors (Lipinski definition) is 0. The van der Waals surface area contributed by atoms with E-state index in [-0.39, 0.29) is 18.2 Å². The highest BCUT2D eigenvalue weighted by molar-refractivity contribution is 5.98. The molecule has 0 radical (unpaired) electrons. The Balaban J connectivity index is 1.75. The van der Waals surface area contributed by atoms with E-state index in [4.69, 9.17) is 4.74 Å². The van der Waals surface area contributed by atoms with Crippen molar-refractivity contribution in [2.75, 3.05) is 0 Å². The maximum absolute atomic E-state index is 12.1. The molecule has 2 aliphatic rings. The monoisotopic (exact) mass is 353 g/mol. The van der Waals surface area contributed by atoms with Crippen LogP contribution in [0.5, 0.6) is 0 Å². The molecule has 4 nitrogen and oxygen atoms in total. The zero-order valence-corrected chi connectivity index (χ0v) is 15.7. The van der Waals surface area contributed by atoms with E-state index in [1.807, 2.05) is 38.1 Å². The number of Topliss-reactive ketones (excluding diaryl/α,β-unsaturated/α-hetero) is 1. The van der Waals surface area contributed by atoms with E-state index in [1.54, 1.807) is 0 Å². The number of rotatable bonds is 5. The number of carbonyl (C=O) groups is 2. The second-order valence-corrected chi connectivity index (χ2v) is 8.35. The highest BCUT2D eigenvalue weighted by Crippen LogP contribution is 2.43. The minimum atomic E-state index is -0.618. The number of ether oxygens (including phenoxy) is 1. The number of nitrogens with zero attached hydrogens (tertiary/aromatic N) is 1. The molecular weight excluding hydrogens is 326 g/mol. The van der Waals surface area contributed by atoms with Crippen LogP contribution in [0.2, 0.25) is 0 Å². The van der Waals surface area contributed by atoms with Gasteiger partial charge in [0.1, 0.15) is 17.8 Å². The van der Waals surface area contributed by atoms with Crippen LogP contribution in [0, 0.1) is 17.2 Å². The molecule has 0 N–H and O–H groups in total. The molecule has 0 spiro atoms. The lowest BCUT2D eigenvalue weighted by Crippen LogP contribution is -2.48. The predicted molar refractivity (Wildman–Crippen MR) is 98.4 cm³/mol. The molecule has 0 bridgehead atoms. The molecule has 1 saturated heterocycles. The van der Waals surface area contributed by atoms with Gasteiger partial charge in [-0.05, 0) is 56.6 Å². The molecule has 0 aromatic heterocycles. The zero-order chi connectivity index (χ0) is 18.8. The Morgan fingerprint density at radius 3 is 2.42 bits per heavy atom. The second-order valence-electron chi connectivity index (χ2n) is 8.35. The fraction of sp³-hybridized carbons (Fsp3) is 0.591. The van der Waals surface area contributed by atoms with Crippen LogP contribution in [-0.2, 0) is 26.2 Å². The third-order valence-electron chi connectivity index (χ3n) is 6.05. The third-order valence-corrected chi connectivity index (χ3v) is 6.05. The number of hydrogen-bond acceptors (Lipinski definition) is 4. The van der Waals surface area contributed by atoms with Crippen LogP contribution in [0.25, 0.3) is 0 Å². The molecule has 1 aliphatic carbocycles. The Bertz CT molecular complexity index is 705. The maximum Gasteiger partial charge on any atom is 0.313 e. The Kier molecular flexibility index (Phi) is 5.18. The van der Waals surface area contributed by atoms with Crippen molar-refractivity contribution in [3.63, 3.8) is 0 Å². The molecule has 26 heavy (non-hydrogen) atoms. The van der Waals surface area contributed by atoms with Gasteiger partial charge in [-0.3, -0.25) is 9.59 Å². The van der Waals surface area contributed by atoms with Crippen LogP contribution in [-0.4, -0.2) is 17.4 Å². The number of nitriles is 1. The Morgan fingerprint density at radius 2 is 1.85 bits per heavy atom. The summed E-state index contributed by atoms with van der Waals surface area (Å²) in [6.45, 7) is 3.81. The minimum absolute atomic E-state index is 0.0132. The summed E-state index contributed by atoms with van der Waals surface area (Å²) in [6, 6.07) is 10.4. The Morgan fingerprint density at radius 1 is 1.19 bits per heavy atom. The predicted octanol–water partition coefficient (Wildman–Crippen LogP) is 4.26. The van der Waals surface area contributed by atoms with Crippen LogP contribution < -0.4 is 0 Å². The number of benzene rings is 1. The normalized spacial score (nSPS) is 24.3. The summed E-state index contributed by atoms with van der Waals surface area (Å²) in [5.74, 6) is -0.0500. The van der Waals surface area contributed by atoms with Gasteiger partial charge in [-0.15, -0.1) is 0 Å². The van der Waals surface area contributed by atoms with E-state index in [0.717, 1.165) is 43.2 Å². The van der Waals surface area contributed by atoms with Crippen molar-refractivity contribution < 1.29 is 14.3 Å². The fourth-order valence-electron chi connectivity index (χ4n) is 4.39. The highest BCUT2D eigenvalue weighted by Gasteiger charge is 2.47. The van der Waals surface area contributed by atoms with Crippen LogP contribution in [0.1, 0.15) is 69.9 Å². The first-order valence-electron chi connectivity index (χ1n) is 9.59. The van der Waals surface area contributed by atoms with E-state index in [2.05, 4.69) is 6.07 Å². The first-order valence-corrected chi connectivity index (χ1v) is 9.59. The van der Waals surface area contributed by atoms with Gasteiger partial charge in [-0.1, -0.05) is 37.1 Å². The molecule has 1 aliphatic heterocycles. The summed E-state index contributed by atoms with van der Waals surface area (Å²) in [6.07, 6.45) is 6.12. The van der Waals surface area contributed by atoms with E-state index in [1.165, 1.54) is 0 Å². The topological polar surface area (TPSA) is 67.2 Å². The highest BCUT2D eigenvalue weighted by atomic mass is 16.6. The van der Waals surface area contributed by atoms with Crippen molar-refractivity contribution in [3.05, 3.63) is 35.4 Å². The van der Waals surface area contributed by atoms with Gasteiger partial charge in [0, 0.05) is 6.42 Å². The summed E-state index contributed by atoms with van der Waals surface area (Å²) in [5, 5.41) is 9.26. The van der Waals surface area contributed by atoms with E-state index >= 15 is 0 Å². The Hall–Kier alpha value is -2.15. The summed E-state index contributed by atoms with van der Waals surface area (Å²) in [7, 11) is 0. The average molecular weight is 353 g/mol. The van der Waals surface area contributed by atoms with Gasteiger partial charge in [0.15, 0.2) is 0 Å². The number of cyclic esters (lactones) is 1. The van der Waals surface area contributed by atoms with Gasteiger partial charge in [0.25, 0.3) is 0 Å². The first-order chi connectivity index (χ1) is 12.3. The summed E-state index contributed by atoms with van der Waals surface area (Å²) < 4.78 is 5.84. The van der Waals surface area contributed by atoms with Crippen molar-refractivity contribution in [2.24, 2.45) is 5.92 Å². The first kappa shape index (κ1) is 18.6. The van der Waals surface area contributed by atoms with Crippen molar-refractivity contribution in [2.45, 2.75) is 76.2 Å². The van der Waals surface area contributed by atoms with Crippen LogP contribution in [0.4, 0.5) is 0 Å². The van der Waals surface area contributed by atoms with E-state index in [9.17, 15) is 14.9 Å². The molecule has 0 amide bonds. The summed E-state index contributed by atoms with van der Waals surface area (Å²) in [5.41, 5.74) is 1.02. The lowest BCUT2D eigenvalue weighted by atomic mass is 9.76. The summed E-state index contributed by atoms with van der Waals surface area (Å²) in [4.78, 5) is 24.1. The van der Waals surface area contributed by atoms with Gasteiger partial charge in [-0.25, -0.2) is 0 Å². The third kappa shape index (κ3) is 3.82. The number of esters is 1. The molecule has 1 heterocycles. The summed E-state index contributed by atoms with van der Waals surface area (Å²) >= 11 is 0. The smallest absolute Gasteiger partial charge is 0.313 e. The molecule has 4 heteroatoms. The van der Waals surface area contributed by atoms with Crippen molar-refractivity contribution in [1.82, 2.24) is 0 Å². The van der Waals surface area contributed by atoms with Gasteiger partial charge >= 0.3 is 5.97 Å². The molecule has 1 saturated carbocycles. The maximum atomic E-state index is 12.1. The van der Waals surface area contributed by atoms with Crippen LogP contribution in [0.15, 0.2) is 24.3 Å².